The van der Waals surface area contributed by atoms with Gasteiger partial charge in [0.25, 0.3) is 0 Å². The summed E-state index contributed by atoms with van der Waals surface area (Å²) >= 11 is 0. The summed E-state index contributed by atoms with van der Waals surface area (Å²) in [7, 11) is 0. The normalized spacial score (nSPS) is 28.9. The monoisotopic (exact) mass is 317 g/mol. The van der Waals surface area contributed by atoms with Crippen LogP contribution >= 0.6 is 12.4 Å². The molecule has 3 unspecified atom stereocenters. The Morgan fingerprint density at radius 1 is 1.29 bits per heavy atom. The van der Waals surface area contributed by atoms with Crippen molar-refractivity contribution in [2.75, 3.05) is 13.1 Å². The highest BCUT2D eigenvalue weighted by Gasteiger charge is 2.33. The number of hydrogen-bond donors (Lipinski definition) is 2. The maximum Gasteiger partial charge on any atom is 0.225 e. The van der Waals surface area contributed by atoms with Crippen LogP contribution in [0, 0.1) is 5.92 Å². The third-order valence-electron chi connectivity index (χ3n) is 4.40. The Morgan fingerprint density at radius 3 is 2.67 bits per heavy atom. The predicted molar refractivity (Wildman–Crippen MR) is 85.2 cm³/mol. The SMILES string of the molecule is CCCC(=O)NC1CCCN(C(=O)C2CCC(N)C2)C1.Cl. The minimum atomic E-state index is 0. The molecule has 0 radical (unpaired) electrons. The van der Waals surface area contributed by atoms with Gasteiger partial charge in [0.05, 0.1) is 0 Å². The van der Waals surface area contributed by atoms with Crippen LogP contribution < -0.4 is 11.1 Å². The second-order valence-corrected chi connectivity index (χ2v) is 6.21. The number of halogens is 1. The topological polar surface area (TPSA) is 75.4 Å². The molecule has 1 aliphatic carbocycles. The molecule has 2 aliphatic rings. The lowest BCUT2D eigenvalue weighted by molar-refractivity contribution is -0.137. The van der Waals surface area contributed by atoms with Gasteiger partial charge in [-0.2, -0.15) is 0 Å². The molecule has 1 saturated carbocycles. The highest BCUT2D eigenvalue weighted by atomic mass is 35.5. The molecule has 2 amide bonds. The molecular formula is C15H28ClN3O2. The van der Waals surface area contributed by atoms with E-state index in [-0.39, 0.29) is 42.2 Å². The number of nitrogens with zero attached hydrogens (tertiary/aromatic N) is 1. The summed E-state index contributed by atoms with van der Waals surface area (Å²) in [6.07, 6.45) is 6.08. The number of likely N-dealkylation sites (tertiary alicyclic amines) is 1. The van der Waals surface area contributed by atoms with Crippen LogP contribution in [-0.4, -0.2) is 41.9 Å². The zero-order valence-electron chi connectivity index (χ0n) is 12.8. The third kappa shape index (κ3) is 5.15. The van der Waals surface area contributed by atoms with Gasteiger partial charge in [0, 0.05) is 37.5 Å². The number of carbonyl (C=O) groups excluding carboxylic acids is 2. The van der Waals surface area contributed by atoms with Gasteiger partial charge < -0.3 is 16.0 Å². The number of amides is 2. The molecule has 0 aromatic rings. The summed E-state index contributed by atoms with van der Waals surface area (Å²) < 4.78 is 0. The molecule has 0 spiro atoms. The van der Waals surface area contributed by atoms with Gasteiger partial charge >= 0.3 is 0 Å². The first-order chi connectivity index (χ1) is 9.60. The van der Waals surface area contributed by atoms with Crippen molar-refractivity contribution in [2.45, 2.75) is 64.0 Å². The largest absolute Gasteiger partial charge is 0.352 e. The van der Waals surface area contributed by atoms with Crippen LogP contribution in [0.4, 0.5) is 0 Å². The van der Waals surface area contributed by atoms with Gasteiger partial charge in [-0.25, -0.2) is 0 Å². The molecule has 122 valence electrons. The Hall–Kier alpha value is -0.810. The van der Waals surface area contributed by atoms with Crippen molar-refractivity contribution in [1.82, 2.24) is 10.2 Å². The molecule has 2 rings (SSSR count). The van der Waals surface area contributed by atoms with Gasteiger partial charge in [-0.3, -0.25) is 9.59 Å². The molecular weight excluding hydrogens is 290 g/mol. The van der Waals surface area contributed by atoms with Crippen LogP contribution in [0.15, 0.2) is 0 Å². The van der Waals surface area contributed by atoms with Crippen molar-refractivity contribution < 1.29 is 9.59 Å². The van der Waals surface area contributed by atoms with Gasteiger partial charge in [-0.15, -0.1) is 12.4 Å². The van der Waals surface area contributed by atoms with Gasteiger partial charge in [-0.05, 0) is 38.5 Å². The van der Waals surface area contributed by atoms with Crippen molar-refractivity contribution in [3.63, 3.8) is 0 Å². The summed E-state index contributed by atoms with van der Waals surface area (Å²) in [6, 6.07) is 0.315. The Morgan fingerprint density at radius 2 is 2.05 bits per heavy atom. The molecule has 2 fully saturated rings. The third-order valence-corrected chi connectivity index (χ3v) is 4.40. The van der Waals surface area contributed by atoms with E-state index in [2.05, 4.69) is 5.32 Å². The smallest absolute Gasteiger partial charge is 0.225 e. The van der Waals surface area contributed by atoms with Gasteiger partial charge in [0.1, 0.15) is 0 Å². The lowest BCUT2D eigenvalue weighted by atomic mass is 10.0. The van der Waals surface area contributed by atoms with E-state index in [1.165, 1.54) is 0 Å². The minimum absolute atomic E-state index is 0. The molecule has 1 aliphatic heterocycles. The molecule has 0 bridgehead atoms. The van der Waals surface area contributed by atoms with E-state index in [0.29, 0.717) is 13.0 Å². The second kappa shape index (κ2) is 8.59. The molecule has 5 nitrogen and oxygen atoms in total. The quantitative estimate of drug-likeness (QED) is 0.824. The number of hydrogen-bond acceptors (Lipinski definition) is 3. The molecule has 1 heterocycles. The fourth-order valence-electron chi connectivity index (χ4n) is 3.32. The van der Waals surface area contributed by atoms with E-state index in [4.69, 9.17) is 5.73 Å². The van der Waals surface area contributed by atoms with Crippen molar-refractivity contribution in [3.05, 3.63) is 0 Å². The van der Waals surface area contributed by atoms with E-state index in [9.17, 15) is 9.59 Å². The number of rotatable bonds is 4. The Bertz CT molecular complexity index is 365. The number of piperidine rings is 1. The Labute approximate surface area is 133 Å². The molecule has 3 N–H and O–H groups in total. The van der Waals surface area contributed by atoms with Crippen molar-refractivity contribution >= 4 is 24.2 Å². The molecule has 0 aromatic heterocycles. The van der Waals surface area contributed by atoms with Crippen molar-refractivity contribution in [2.24, 2.45) is 11.7 Å². The van der Waals surface area contributed by atoms with Crippen LogP contribution in [0.2, 0.25) is 0 Å². The number of nitrogens with one attached hydrogen (secondary N) is 1. The van der Waals surface area contributed by atoms with Gasteiger partial charge in [0.2, 0.25) is 11.8 Å². The summed E-state index contributed by atoms with van der Waals surface area (Å²) in [5.41, 5.74) is 5.89. The van der Waals surface area contributed by atoms with Crippen molar-refractivity contribution in [3.8, 4) is 0 Å². The van der Waals surface area contributed by atoms with Crippen molar-refractivity contribution in [1.29, 1.82) is 0 Å². The highest BCUT2D eigenvalue weighted by molar-refractivity contribution is 5.85. The molecule has 6 heteroatoms. The molecule has 0 aromatic carbocycles. The Balaban J connectivity index is 0.00000220. The minimum Gasteiger partial charge on any atom is -0.352 e. The lowest BCUT2D eigenvalue weighted by Gasteiger charge is -2.34. The average Bonchev–Trinajstić information content (AvgIpc) is 2.85. The predicted octanol–water partition coefficient (Wildman–Crippen LogP) is 1.44. The second-order valence-electron chi connectivity index (χ2n) is 6.21. The van der Waals surface area contributed by atoms with E-state index < -0.39 is 0 Å². The fraction of sp³-hybridized carbons (Fsp3) is 0.867. The van der Waals surface area contributed by atoms with E-state index in [1.807, 2.05) is 11.8 Å². The number of nitrogens with two attached hydrogens (primary N) is 1. The van der Waals surface area contributed by atoms with Crippen LogP contribution in [-0.2, 0) is 9.59 Å². The first-order valence-corrected chi connectivity index (χ1v) is 7.94. The van der Waals surface area contributed by atoms with E-state index in [0.717, 1.165) is 45.1 Å². The maximum absolute atomic E-state index is 12.5. The van der Waals surface area contributed by atoms with E-state index in [1.54, 1.807) is 0 Å². The highest BCUT2D eigenvalue weighted by Crippen LogP contribution is 2.27. The van der Waals surface area contributed by atoms with Gasteiger partial charge in [-0.1, -0.05) is 6.92 Å². The first-order valence-electron chi connectivity index (χ1n) is 7.94. The molecule has 21 heavy (non-hydrogen) atoms. The van der Waals surface area contributed by atoms with Crippen LogP contribution in [0.25, 0.3) is 0 Å². The standard InChI is InChI=1S/C15H27N3O2.ClH/c1-2-4-14(19)17-13-5-3-8-18(10-13)15(20)11-6-7-12(16)9-11;/h11-13H,2-10,16H2,1H3,(H,17,19);1H. The summed E-state index contributed by atoms with van der Waals surface area (Å²) in [5.74, 6) is 0.456. The number of carbonyl (C=O) groups is 2. The fourth-order valence-corrected chi connectivity index (χ4v) is 3.32. The Kier molecular flexibility index (Phi) is 7.46. The van der Waals surface area contributed by atoms with Gasteiger partial charge in [0.15, 0.2) is 0 Å². The lowest BCUT2D eigenvalue weighted by Crippen LogP contribution is -2.50. The van der Waals surface area contributed by atoms with E-state index >= 15 is 0 Å². The molecule has 1 saturated heterocycles. The first kappa shape index (κ1) is 18.2. The summed E-state index contributed by atoms with van der Waals surface area (Å²) in [6.45, 7) is 3.49. The summed E-state index contributed by atoms with van der Waals surface area (Å²) in [4.78, 5) is 26.1. The van der Waals surface area contributed by atoms with Crippen LogP contribution in [0.5, 0.6) is 0 Å². The zero-order valence-corrected chi connectivity index (χ0v) is 13.7. The zero-order chi connectivity index (χ0) is 14.5. The maximum atomic E-state index is 12.5. The van der Waals surface area contributed by atoms with Crippen LogP contribution in [0.1, 0.15) is 51.9 Å². The molecule has 3 atom stereocenters. The van der Waals surface area contributed by atoms with Crippen LogP contribution in [0.3, 0.4) is 0 Å². The average molecular weight is 318 g/mol. The summed E-state index contributed by atoms with van der Waals surface area (Å²) in [5, 5.41) is 3.05.